The van der Waals surface area contributed by atoms with Crippen LogP contribution in [0.15, 0.2) is 48.5 Å². The van der Waals surface area contributed by atoms with Crippen LogP contribution in [0, 0.1) is 11.6 Å². The molecule has 2 aromatic carbocycles. The molecule has 0 N–H and O–H groups in total. The summed E-state index contributed by atoms with van der Waals surface area (Å²) in [5, 5.41) is 0.792. The van der Waals surface area contributed by atoms with Gasteiger partial charge in [0.1, 0.15) is 28.1 Å². The molecule has 2 nitrogen and oxygen atoms in total. The van der Waals surface area contributed by atoms with E-state index in [1.165, 1.54) is 12.1 Å². The average Bonchev–Trinajstić information content (AvgIpc) is 2.53. The van der Waals surface area contributed by atoms with Crippen molar-refractivity contribution < 1.29 is 8.78 Å². The van der Waals surface area contributed by atoms with Gasteiger partial charge in [-0.25, -0.2) is 13.8 Å². The number of pyridine rings is 1. The van der Waals surface area contributed by atoms with E-state index in [1.807, 2.05) is 12.1 Å². The van der Waals surface area contributed by atoms with Crippen molar-refractivity contribution in [1.82, 2.24) is 4.98 Å². The highest BCUT2D eigenvalue weighted by Crippen LogP contribution is 2.37. The molecule has 3 rings (SSSR count). The summed E-state index contributed by atoms with van der Waals surface area (Å²) in [7, 11) is -3.57. The third kappa shape index (κ3) is 3.96. The number of halogens is 2. The second-order valence-electron chi connectivity index (χ2n) is 8.84. The van der Waals surface area contributed by atoms with Gasteiger partial charge in [0.05, 0.1) is 11.2 Å². The third-order valence-electron chi connectivity index (χ3n) is 4.48. The Labute approximate surface area is 162 Å². The van der Waals surface area contributed by atoms with Crippen LogP contribution in [-0.2, 0) is 0 Å². The van der Waals surface area contributed by atoms with E-state index in [9.17, 15) is 8.78 Å². The highest BCUT2D eigenvalue weighted by atomic mass is 28.4. The van der Waals surface area contributed by atoms with Gasteiger partial charge in [-0.1, -0.05) is 51.4 Å². The minimum Gasteiger partial charge on any atom is -0.424 e. The normalized spacial score (nSPS) is 12.4. The van der Waals surface area contributed by atoms with Crippen LogP contribution in [0.25, 0.3) is 22.2 Å². The predicted octanol–water partition coefficient (Wildman–Crippen LogP) is 6.66. The molecule has 1 heterocycles. The molecule has 0 saturated carbocycles. The summed E-state index contributed by atoms with van der Waals surface area (Å²) in [5.41, 5.74) is 2.71. The Morgan fingerprint density at radius 2 is 1.44 bits per heavy atom. The SMILES string of the molecule is C[Si](C)(C)N(c1cc(-c2ccccc2F)nc2ccc(F)cc12)[Si](C)(C)C. The predicted molar refractivity (Wildman–Crippen MR) is 116 cm³/mol. The minimum absolute atomic E-state index is 0.282. The van der Waals surface area contributed by atoms with Crippen molar-refractivity contribution in [2.45, 2.75) is 39.3 Å². The Balaban J connectivity index is 2.39. The van der Waals surface area contributed by atoms with Crippen molar-refractivity contribution in [1.29, 1.82) is 0 Å². The van der Waals surface area contributed by atoms with Gasteiger partial charge in [0.2, 0.25) is 0 Å². The number of hydrogen-bond donors (Lipinski definition) is 0. The topological polar surface area (TPSA) is 16.1 Å². The van der Waals surface area contributed by atoms with Crippen molar-refractivity contribution in [3.8, 4) is 11.3 Å². The maximum absolute atomic E-state index is 14.4. The Morgan fingerprint density at radius 1 is 0.815 bits per heavy atom. The maximum Gasteiger partial charge on any atom is 0.138 e. The van der Waals surface area contributed by atoms with E-state index >= 15 is 0 Å². The Morgan fingerprint density at radius 3 is 2.04 bits per heavy atom. The van der Waals surface area contributed by atoms with Gasteiger partial charge in [-0.2, -0.15) is 0 Å². The minimum atomic E-state index is -1.78. The second kappa shape index (κ2) is 6.83. The first-order valence-electron chi connectivity index (χ1n) is 9.14. The molecule has 27 heavy (non-hydrogen) atoms. The molecule has 0 unspecified atom stereocenters. The van der Waals surface area contributed by atoms with Gasteiger partial charge in [-0.15, -0.1) is 0 Å². The number of hydrogen-bond acceptors (Lipinski definition) is 2. The zero-order valence-corrected chi connectivity index (χ0v) is 18.8. The van der Waals surface area contributed by atoms with Crippen LogP contribution < -0.4 is 4.23 Å². The molecule has 0 spiro atoms. The summed E-state index contributed by atoms with van der Waals surface area (Å²) in [6, 6.07) is 13.3. The molecule has 0 aliphatic rings. The molecule has 0 fully saturated rings. The molecule has 3 aromatic rings. The lowest BCUT2D eigenvalue weighted by atomic mass is 10.1. The highest BCUT2D eigenvalue weighted by Gasteiger charge is 2.36. The molecule has 0 aliphatic carbocycles. The van der Waals surface area contributed by atoms with Gasteiger partial charge in [0.15, 0.2) is 0 Å². The van der Waals surface area contributed by atoms with E-state index in [0.29, 0.717) is 16.8 Å². The van der Waals surface area contributed by atoms with Crippen LogP contribution in [0.1, 0.15) is 0 Å². The van der Waals surface area contributed by atoms with Gasteiger partial charge in [0.25, 0.3) is 0 Å². The van der Waals surface area contributed by atoms with E-state index in [4.69, 9.17) is 0 Å². The second-order valence-corrected chi connectivity index (χ2v) is 18.9. The molecule has 6 heteroatoms. The number of benzene rings is 2. The fraction of sp³-hybridized carbons (Fsp3) is 0.286. The molecule has 0 aliphatic heterocycles. The Kier molecular flexibility index (Phi) is 4.99. The zero-order chi connectivity index (χ0) is 20.0. The van der Waals surface area contributed by atoms with Crippen molar-refractivity contribution in [2.24, 2.45) is 0 Å². The van der Waals surface area contributed by atoms with E-state index in [0.717, 1.165) is 11.1 Å². The molecular formula is C21H26F2N2Si2. The molecule has 0 radical (unpaired) electrons. The van der Waals surface area contributed by atoms with Crippen LogP contribution in [0.4, 0.5) is 14.5 Å². The largest absolute Gasteiger partial charge is 0.424 e. The lowest BCUT2D eigenvalue weighted by molar-refractivity contribution is 0.629. The number of fused-ring (bicyclic) bond motifs is 1. The van der Waals surface area contributed by atoms with Crippen molar-refractivity contribution in [3.63, 3.8) is 0 Å². The van der Waals surface area contributed by atoms with Crippen molar-refractivity contribution in [2.75, 3.05) is 4.23 Å². The van der Waals surface area contributed by atoms with Gasteiger partial charge < -0.3 is 4.23 Å². The molecule has 0 amide bonds. The molecule has 0 saturated heterocycles. The van der Waals surface area contributed by atoms with E-state index in [-0.39, 0.29) is 11.6 Å². The van der Waals surface area contributed by atoms with Crippen LogP contribution in [-0.4, -0.2) is 21.5 Å². The van der Waals surface area contributed by atoms with Crippen LogP contribution in [0.2, 0.25) is 39.3 Å². The smallest absolute Gasteiger partial charge is 0.138 e. The average molecular weight is 401 g/mol. The highest BCUT2D eigenvalue weighted by molar-refractivity contribution is 6.99. The zero-order valence-electron chi connectivity index (χ0n) is 16.8. The van der Waals surface area contributed by atoms with Gasteiger partial charge in [-0.3, -0.25) is 0 Å². The molecule has 142 valence electrons. The Bertz CT molecular complexity index is 978. The standard InChI is InChI=1S/C21H26F2N2Si2/c1-26(2,3)25(27(4,5)6)21-14-20(16-9-7-8-10-18(16)23)24-19-12-11-15(22)13-17(19)21/h7-14H,1-6H3. The Hall–Kier alpha value is -2.06. The van der Waals surface area contributed by atoms with Crippen LogP contribution >= 0.6 is 0 Å². The fourth-order valence-corrected chi connectivity index (χ4v) is 13.8. The maximum atomic E-state index is 14.4. The third-order valence-corrected chi connectivity index (χ3v) is 11.7. The lowest BCUT2D eigenvalue weighted by Crippen LogP contribution is -2.59. The molecule has 0 bridgehead atoms. The van der Waals surface area contributed by atoms with E-state index in [2.05, 4.69) is 48.5 Å². The number of rotatable bonds is 4. The van der Waals surface area contributed by atoms with Gasteiger partial charge in [-0.05, 0) is 36.4 Å². The quantitative estimate of drug-likeness (QED) is 0.455. The number of anilines is 1. The van der Waals surface area contributed by atoms with Gasteiger partial charge in [0, 0.05) is 16.6 Å². The summed E-state index contributed by atoms with van der Waals surface area (Å²) >= 11 is 0. The van der Waals surface area contributed by atoms with Crippen LogP contribution in [0.3, 0.4) is 0 Å². The lowest BCUT2D eigenvalue weighted by Gasteiger charge is -2.46. The first kappa shape index (κ1) is 19.7. The summed E-state index contributed by atoms with van der Waals surface area (Å²) < 4.78 is 31.0. The monoisotopic (exact) mass is 400 g/mol. The molecule has 0 atom stereocenters. The first-order chi connectivity index (χ1) is 12.5. The molecular weight excluding hydrogens is 374 g/mol. The first-order valence-corrected chi connectivity index (χ1v) is 16.0. The van der Waals surface area contributed by atoms with E-state index in [1.54, 1.807) is 24.3 Å². The number of aromatic nitrogens is 1. The summed E-state index contributed by atoms with van der Waals surface area (Å²) in [6.45, 7) is 13.7. The van der Waals surface area contributed by atoms with Crippen molar-refractivity contribution >= 4 is 33.1 Å². The summed E-state index contributed by atoms with van der Waals surface area (Å²) in [4.78, 5) is 4.65. The fourth-order valence-electron chi connectivity index (χ4n) is 3.90. The van der Waals surface area contributed by atoms with Gasteiger partial charge >= 0.3 is 0 Å². The summed E-state index contributed by atoms with van der Waals surface area (Å²) in [6.07, 6.45) is 0. The summed E-state index contributed by atoms with van der Waals surface area (Å²) in [5.74, 6) is -0.583. The van der Waals surface area contributed by atoms with Crippen LogP contribution in [0.5, 0.6) is 0 Å². The molecule has 1 aromatic heterocycles. The van der Waals surface area contributed by atoms with E-state index < -0.39 is 16.5 Å². The number of nitrogens with zero attached hydrogens (tertiary/aromatic N) is 2. The van der Waals surface area contributed by atoms with Crippen molar-refractivity contribution in [3.05, 3.63) is 60.2 Å².